The third-order valence-electron chi connectivity index (χ3n) is 1.62. The first-order chi connectivity index (χ1) is 5.79. The summed E-state index contributed by atoms with van der Waals surface area (Å²) in [6.45, 7) is 0.333. The first-order valence-corrected chi connectivity index (χ1v) is 3.41. The third-order valence-corrected chi connectivity index (χ3v) is 1.62. The van der Waals surface area contributed by atoms with E-state index in [0.717, 1.165) is 0 Å². The van der Waals surface area contributed by atoms with Crippen molar-refractivity contribution in [3.05, 3.63) is 11.8 Å². The van der Waals surface area contributed by atoms with Crippen molar-refractivity contribution < 1.29 is 0 Å². The highest BCUT2D eigenvalue weighted by molar-refractivity contribution is 6.25. The zero-order valence-electron chi connectivity index (χ0n) is 6.31. The Kier molecular flexibility index (Phi) is 1.41. The summed E-state index contributed by atoms with van der Waals surface area (Å²) in [6.07, 6.45) is 3.07. The van der Waals surface area contributed by atoms with Crippen LogP contribution in [0.2, 0.25) is 0 Å². The molecule has 0 aliphatic carbocycles. The minimum atomic E-state index is 0.333. The molecule has 0 radical (unpaired) electrons. The zero-order chi connectivity index (χ0) is 8.55. The first-order valence-electron chi connectivity index (χ1n) is 3.41. The maximum absolute atomic E-state index is 5.60. The quantitative estimate of drug-likeness (QED) is 0.441. The second kappa shape index (κ2) is 2.42. The summed E-state index contributed by atoms with van der Waals surface area (Å²) < 4.78 is 0. The van der Waals surface area contributed by atoms with Crippen molar-refractivity contribution in [2.75, 3.05) is 6.67 Å². The predicted molar refractivity (Wildman–Crippen MR) is 46.5 cm³/mol. The van der Waals surface area contributed by atoms with Crippen molar-refractivity contribution in [2.24, 2.45) is 26.6 Å². The molecule has 62 valence electrons. The molecule has 0 spiro atoms. The van der Waals surface area contributed by atoms with Crippen molar-refractivity contribution >= 4 is 18.0 Å². The molecule has 0 atom stereocenters. The lowest BCUT2D eigenvalue weighted by molar-refractivity contribution is 0.662. The average molecular weight is 164 g/mol. The lowest BCUT2D eigenvalue weighted by Crippen LogP contribution is -2.43. The minimum absolute atomic E-state index is 0.333. The number of fused-ring (bicyclic) bond motifs is 1. The van der Waals surface area contributed by atoms with E-state index in [1.807, 2.05) is 0 Å². The van der Waals surface area contributed by atoms with Crippen molar-refractivity contribution in [1.82, 2.24) is 5.01 Å². The number of nitrogens with zero attached hydrogens (tertiary/aromatic N) is 4. The van der Waals surface area contributed by atoms with E-state index in [-0.39, 0.29) is 0 Å². The normalized spacial score (nSPS) is 21.1. The first kappa shape index (κ1) is 6.99. The second-order valence-corrected chi connectivity index (χ2v) is 2.38. The molecule has 6 heteroatoms. The van der Waals surface area contributed by atoms with Gasteiger partial charge in [0.05, 0.1) is 5.57 Å². The molecule has 4 N–H and O–H groups in total. The Morgan fingerprint density at radius 1 is 1.42 bits per heavy atom. The van der Waals surface area contributed by atoms with Crippen LogP contribution in [0.5, 0.6) is 0 Å². The van der Waals surface area contributed by atoms with Gasteiger partial charge in [-0.25, -0.2) is 20.8 Å². The third kappa shape index (κ3) is 0.892. The Labute approximate surface area is 69.0 Å². The van der Waals surface area contributed by atoms with Crippen LogP contribution in [0.25, 0.3) is 0 Å². The molecular formula is C6H8N6. The zero-order valence-corrected chi connectivity index (χ0v) is 6.31. The average Bonchev–Trinajstić information content (AvgIpc) is 2.07. The van der Waals surface area contributed by atoms with Crippen LogP contribution < -0.4 is 11.6 Å². The molecule has 12 heavy (non-hydrogen) atoms. The summed E-state index contributed by atoms with van der Waals surface area (Å²) in [5.74, 6) is 6.61. The molecule has 0 amide bonds. The highest BCUT2D eigenvalue weighted by atomic mass is 15.4. The van der Waals surface area contributed by atoms with Crippen molar-refractivity contribution in [3.63, 3.8) is 0 Å². The van der Waals surface area contributed by atoms with Gasteiger partial charge in [0.2, 0.25) is 0 Å². The topological polar surface area (TPSA) is 92.4 Å². The molecule has 2 aliphatic rings. The van der Waals surface area contributed by atoms with Gasteiger partial charge in [-0.15, -0.1) is 0 Å². The van der Waals surface area contributed by atoms with Crippen LogP contribution >= 0.6 is 0 Å². The fraction of sp³-hybridized carbons (Fsp3) is 0.167. The number of hydrogen-bond acceptors (Lipinski definition) is 6. The molecule has 0 aromatic heterocycles. The van der Waals surface area contributed by atoms with Crippen molar-refractivity contribution in [1.29, 1.82) is 0 Å². The number of nitrogens with two attached hydrogens (primary N) is 2. The van der Waals surface area contributed by atoms with E-state index in [1.165, 1.54) is 11.3 Å². The molecular weight excluding hydrogens is 156 g/mol. The van der Waals surface area contributed by atoms with E-state index in [1.54, 1.807) is 6.20 Å². The largest absolute Gasteiger partial charge is 0.383 e. The lowest BCUT2D eigenvalue weighted by atomic mass is 10.2. The van der Waals surface area contributed by atoms with Gasteiger partial charge in [0.15, 0.2) is 5.84 Å². The molecule has 0 fully saturated rings. The van der Waals surface area contributed by atoms with Gasteiger partial charge in [-0.2, -0.15) is 0 Å². The highest BCUT2D eigenvalue weighted by Crippen LogP contribution is 2.09. The molecule has 0 unspecified atom stereocenters. The Bertz CT molecular complexity index is 323. The van der Waals surface area contributed by atoms with E-state index in [0.29, 0.717) is 23.9 Å². The Balaban J connectivity index is 2.44. The standard InChI is InChI=1S/C6H8N6/c7-5-4-1-9-3-12(8)6(4)11-2-10-5/h1,3H,2,8H2,(H2,7,10). The maximum Gasteiger partial charge on any atom is 0.158 e. The lowest BCUT2D eigenvalue weighted by Gasteiger charge is -2.22. The van der Waals surface area contributed by atoms with Gasteiger partial charge in [-0.05, 0) is 0 Å². The fourth-order valence-electron chi connectivity index (χ4n) is 1.04. The van der Waals surface area contributed by atoms with Crippen LogP contribution in [0.3, 0.4) is 0 Å². The summed E-state index contributed by atoms with van der Waals surface area (Å²) in [5.41, 5.74) is 6.28. The monoisotopic (exact) mass is 164 g/mol. The van der Waals surface area contributed by atoms with Gasteiger partial charge in [0.25, 0.3) is 0 Å². The molecule has 0 saturated carbocycles. The van der Waals surface area contributed by atoms with Crippen molar-refractivity contribution in [3.8, 4) is 0 Å². The Morgan fingerprint density at radius 3 is 3.00 bits per heavy atom. The predicted octanol–water partition coefficient (Wildman–Crippen LogP) is -1.19. The number of hydrogen-bond donors (Lipinski definition) is 2. The van der Waals surface area contributed by atoms with E-state index in [9.17, 15) is 0 Å². The summed E-state index contributed by atoms with van der Waals surface area (Å²) in [7, 11) is 0. The van der Waals surface area contributed by atoms with Crippen LogP contribution in [-0.2, 0) is 0 Å². The molecule has 0 aromatic rings. The van der Waals surface area contributed by atoms with Crippen LogP contribution in [-0.4, -0.2) is 29.7 Å². The summed E-state index contributed by atoms with van der Waals surface area (Å²) >= 11 is 0. The molecule has 0 bridgehead atoms. The van der Waals surface area contributed by atoms with Gasteiger partial charge in [0.1, 0.15) is 18.8 Å². The van der Waals surface area contributed by atoms with E-state index >= 15 is 0 Å². The summed E-state index contributed by atoms with van der Waals surface area (Å²) in [4.78, 5) is 11.9. The van der Waals surface area contributed by atoms with Gasteiger partial charge in [0, 0.05) is 6.20 Å². The second-order valence-electron chi connectivity index (χ2n) is 2.38. The smallest absolute Gasteiger partial charge is 0.158 e. The van der Waals surface area contributed by atoms with Crippen molar-refractivity contribution in [2.45, 2.75) is 0 Å². The molecule has 2 aliphatic heterocycles. The molecule has 2 heterocycles. The minimum Gasteiger partial charge on any atom is -0.383 e. The molecule has 0 aromatic carbocycles. The molecule has 2 rings (SSSR count). The van der Waals surface area contributed by atoms with E-state index < -0.39 is 0 Å². The number of amidine groups is 2. The number of hydrazine groups is 1. The Morgan fingerprint density at radius 2 is 2.25 bits per heavy atom. The molecule has 0 saturated heterocycles. The van der Waals surface area contributed by atoms with E-state index in [4.69, 9.17) is 11.6 Å². The van der Waals surface area contributed by atoms with Crippen LogP contribution in [0.1, 0.15) is 0 Å². The van der Waals surface area contributed by atoms with Crippen LogP contribution in [0.4, 0.5) is 0 Å². The number of rotatable bonds is 0. The van der Waals surface area contributed by atoms with E-state index in [2.05, 4.69) is 15.0 Å². The van der Waals surface area contributed by atoms with Gasteiger partial charge in [-0.1, -0.05) is 0 Å². The van der Waals surface area contributed by atoms with Crippen LogP contribution in [0, 0.1) is 0 Å². The highest BCUT2D eigenvalue weighted by Gasteiger charge is 2.20. The maximum atomic E-state index is 5.60. The summed E-state index contributed by atoms with van der Waals surface area (Å²) in [5, 5.41) is 1.33. The number of aliphatic imine (C=N–C) groups is 3. The van der Waals surface area contributed by atoms with Gasteiger partial charge < -0.3 is 5.73 Å². The SMILES string of the molecule is NC1=NCN=C2C1=CN=CN2N. The van der Waals surface area contributed by atoms with Crippen LogP contribution in [0.15, 0.2) is 26.8 Å². The Hall–Kier alpha value is -1.69. The fourth-order valence-corrected chi connectivity index (χ4v) is 1.04. The summed E-state index contributed by atoms with van der Waals surface area (Å²) in [6, 6.07) is 0. The van der Waals surface area contributed by atoms with Gasteiger partial charge >= 0.3 is 0 Å². The molecule has 6 nitrogen and oxygen atoms in total. The van der Waals surface area contributed by atoms with Gasteiger partial charge in [-0.3, -0.25) is 5.01 Å².